The van der Waals surface area contributed by atoms with Gasteiger partial charge in [0.2, 0.25) is 0 Å². The highest BCUT2D eigenvalue weighted by Crippen LogP contribution is 2.22. The molecule has 1 aromatic heterocycles. The molecule has 0 atom stereocenters. The van der Waals surface area contributed by atoms with E-state index in [-0.39, 0.29) is 18.5 Å². The Kier molecular flexibility index (Phi) is 7.39. The molecule has 0 radical (unpaired) electrons. The zero-order chi connectivity index (χ0) is 19.8. The molecule has 3 rings (SSSR count). The lowest BCUT2D eigenvalue weighted by Gasteiger charge is -2.07. The number of fused-ring (bicyclic) bond motifs is 1. The second-order valence-corrected chi connectivity index (χ2v) is 7.90. The van der Waals surface area contributed by atoms with Gasteiger partial charge in [-0.1, -0.05) is 35.9 Å². The maximum atomic E-state index is 11.8. The van der Waals surface area contributed by atoms with E-state index in [2.05, 4.69) is 16.4 Å². The van der Waals surface area contributed by atoms with Gasteiger partial charge in [0.05, 0.1) is 15.2 Å². The van der Waals surface area contributed by atoms with Crippen molar-refractivity contribution in [2.45, 2.75) is 32.2 Å². The molecule has 1 amide bonds. The van der Waals surface area contributed by atoms with Gasteiger partial charge in [-0.25, -0.2) is 4.98 Å². The summed E-state index contributed by atoms with van der Waals surface area (Å²) in [6.45, 7) is 0.111. The summed E-state index contributed by atoms with van der Waals surface area (Å²) in [6.07, 6.45) is 2.71. The Balaban J connectivity index is 1.28. The van der Waals surface area contributed by atoms with Crippen LogP contribution >= 0.6 is 22.9 Å². The Morgan fingerprint density at radius 3 is 2.64 bits per heavy atom. The van der Waals surface area contributed by atoms with Crippen molar-refractivity contribution in [2.75, 3.05) is 6.61 Å². The minimum atomic E-state index is -0.356. The number of nitrogens with zero attached hydrogens (tertiary/aromatic N) is 1. The fourth-order valence-electron chi connectivity index (χ4n) is 2.64. The quantitative estimate of drug-likeness (QED) is 0.411. The summed E-state index contributed by atoms with van der Waals surface area (Å²) in [5.74, 6) is -0.677. The average molecular weight is 417 g/mol. The highest BCUT2D eigenvalue weighted by molar-refractivity contribution is 7.18. The van der Waals surface area contributed by atoms with Gasteiger partial charge in [-0.05, 0) is 49.1 Å². The molecule has 0 bridgehead atoms. The zero-order valence-electron chi connectivity index (χ0n) is 15.3. The summed E-state index contributed by atoms with van der Waals surface area (Å²) in [6, 6.07) is 15.2. The second-order valence-electron chi connectivity index (χ2n) is 6.35. The molecule has 146 valence electrons. The van der Waals surface area contributed by atoms with Gasteiger partial charge in [-0.15, -0.1) is 11.3 Å². The molecular formula is C21H21ClN2O3S. The summed E-state index contributed by atoms with van der Waals surface area (Å²) >= 11 is 7.50. The number of halogens is 1. The van der Waals surface area contributed by atoms with Crippen LogP contribution in [0.2, 0.25) is 5.02 Å². The normalized spacial score (nSPS) is 10.8. The van der Waals surface area contributed by atoms with Gasteiger partial charge >= 0.3 is 5.97 Å². The van der Waals surface area contributed by atoms with Crippen LogP contribution in [0.1, 0.15) is 29.8 Å². The fraction of sp³-hybridized carbons (Fsp3) is 0.286. The summed E-state index contributed by atoms with van der Waals surface area (Å²) < 4.78 is 6.21. The molecule has 3 aromatic rings. The van der Waals surface area contributed by atoms with Crippen LogP contribution in [0.4, 0.5) is 0 Å². The summed E-state index contributed by atoms with van der Waals surface area (Å²) in [7, 11) is 0. The SMILES string of the molecule is O=C(COC(=O)CCCCc1nc2ccccc2s1)NCc1ccc(Cl)cc1. The van der Waals surface area contributed by atoms with Crippen LogP contribution in [0.25, 0.3) is 10.2 Å². The first-order chi connectivity index (χ1) is 13.6. The molecule has 0 saturated carbocycles. The van der Waals surface area contributed by atoms with Crippen molar-refractivity contribution in [1.82, 2.24) is 10.3 Å². The molecule has 0 aliphatic heterocycles. The first-order valence-corrected chi connectivity index (χ1v) is 10.3. The average Bonchev–Trinajstić information content (AvgIpc) is 3.12. The molecule has 0 fully saturated rings. The smallest absolute Gasteiger partial charge is 0.306 e. The van der Waals surface area contributed by atoms with E-state index in [1.54, 1.807) is 23.5 Å². The maximum Gasteiger partial charge on any atom is 0.306 e. The number of carbonyl (C=O) groups excluding carboxylic acids is 2. The Bertz CT molecular complexity index is 907. The number of nitrogens with one attached hydrogen (secondary N) is 1. The Hall–Kier alpha value is -2.44. The van der Waals surface area contributed by atoms with E-state index in [4.69, 9.17) is 16.3 Å². The van der Waals surface area contributed by atoms with Gasteiger partial charge in [-0.2, -0.15) is 0 Å². The summed E-state index contributed by atoms with van der Waals surface area (Å²) in [4.78, 5) is 28.1. The molecule has 1 N–H and O–H groups in total. The predicted octanol–water partition coefficient (Wildman–Crippen LogP) is 4.52. The number of hydrogen-bond acceptors (Lipinski definition) is 5. The minimum absolute atomic E-state index is 0.260. The molecule has 0 aliphatic rings. The number of rotatable bonds is 9. The number of unbranched alkanes of at least 4 members (excludes halogenated alkanes) is 1. The van der Waals surface area contributed by atoms with Crippen molar-refractivity contribution >= 4 is 45.0 Å². The Morgan fingerprint density at radius 1 is 1.07 bits per heavy atom. The van der Waals surface area contributed by atoms with E-state index in [0.29, 0.717) is 24.4 Å². The van der Waals surface area contributed by atoms with Crippen molar-refractivity contribution in [2.24, 2.45) is 0 Å². The van der Waals surface area contributed by atoms with Gasteiger partial charge < -0.3 is 10.1 Å². The molecule has 0 aliphatic carbocycles. The highest BCUT2D eigenvalue weighted by Gasteiger charge is 2.08. The molecule has 28 heavy (non-hydrogen) atoms. The lowest BCUT2D eigenvalue weighted by Crippen LogP contribution is -2.28. The number of aryl methyl sites for hydroxylation is 1. The molecule has 0 spiro atoms. The van der Waals surface area contributed by atoms with Crippen molar-refractivity contribution in [3.8, 4) is 0 Å². The number of ether oxygens (including phenoxy) is 1. The Labute approximate surface area is 172 Å². The minimum Gasteiger partial charge on any atom is -0.456 e. The number of thiazole rings is 1. The summed E-state index contributed by atoms with van der Waals surface area (Å²) in [5, 5.41) is 4.43. The van der Waals surface area contributed by atoms with E-state index in [9.17, 15) is 9.59 Å². The fourth-order valence-corrected chi connectivity index (χ4v) is 3.78. The van der Waals surface area contributed by atoms with Crippen LogP contribution in [0, 0.1) is 0 Å². The topological polar surface area (TPSA) is 68.3 Å². The van der Waals surface area contributed by atoms with Gasteiger partial charge in [-0.3, -0.25) is 9.59 Å². The van der Waals surface area contributed by atoms with Crippen molar-refractivity contribution in [3.63, 3.8) is 0 Å². The van der Waals surface area contributed by atoms with Gasteiger partial charge in [0, 0.05) is 18.0 Å². The van der Waals surface area contributed by atoms with E-state index in [0.717, 1.165) is 28.9 Å². The van der Waals surface area contributed by atoms with Gasteiger partial charge in [0.25, 0.3) is 5.91 Å². The first-order valence-electron chi connectivity index (χ1n) is 9.11. The van der Waals surface area contributed by atoms with Crippen LogP contribution in [0.3, 0.4) is 0 Å². The van der Waals surface area contributed by atoms with Crippen LogP contribution in [0.15, 0.2) is 48.5 Å². The number of benzene rings is 2. The third-order valence-corrected chi connectivity index (χ3v) is 5.48. The maximum absolute atomic E-state index is 11.8. The number of amides is 1. The highest BCUT2D eigenvalue weighted by atomic mass is 35.5. The Morgan fingerprint density at radius 2 is 1.86 bits per heavy atom. The molecular weight excluding hydrogens is 396 g/mol. The van der Waals surface area contributed by atoms with Gasteiger partial charge in [0.1, 0.15) is 0 Å². The number of esters is 1. The van der Waals surface area contributed by atoms with Crippen LogP contribution in [-0.2, 0) is 27.3 Å². The lowest BCUT2D eigenvalue weighted by molar-refractivity contribution is -0.148. The standard InChI is InChI=1S/C21H21ClN2O3S/c22-16-11-9-15(10-12-16)13-23-19(25)14-27-21(26)8-4-3-7-20-24-17-5-1-2-6-18(17)28-20/h1-2,5-6,9-12H,3-4,7-8,13-14H2,(H,23,25). The van der Waals surface area contributed by atoms with E-state index in [1.165, 1.54) is 4.70 Å². The number of carbonyl (C=O) groups is 2. The number of para-hydroxylation sites is 1. The summed E-state index contributed by atoms with van der Waals surface area (Å²) in [5.41, 5.74) is 1.95. The van der Waals surface area contributed by atoms with Gasteiger partial charge in [0.15, 0.2) is 6.61 Å². The van der Waals surface area contributed by atoms with E-state index in [1.807, 2.05) is 30.3 Å². The van der Waals surface area contributed by atoms with E-state index < -0.39 is 0 Å². The third kappa shape index (κ3) is 6.32. The first kappa shape index (κ1) is 20.3. The number of hydrogen-bond donors (Lipinski definition) is 1. The number of aromatic nitrogens is 1. The monoisotopic (exact) mass is 416 g/mol. The molecule has 5 nitrogen and oxygen atoms in total. The lowest BCUT2D eigenvalue weighted by atomic mass is 10.2. The largest absolute Gasteiger partial charge is 0.456 e. The predicted molar refractivity (Wildman–Crippen MR) is 111 cm³/mol. The van der Waals surface area contributed by atoms with E-state index >= 15 is 0 Å². The molecule has 0 unspecified atom stereocenters. The third-order valence-electron chi connectivity index (χ3n) is 4.13. The molecule has 7 heteroatoms. The second kappa shape index (κ2) is 10.2. The van der Waals surface area contributed by atoms with Crippen molar-refractivity contribution in [1.29, 1.82) is 0 Å². The molecule has 2 aromatic carbocycles. The zero-order valence-corrected chi connectivity index (χ0v) is 16.9. The van der Waals surface area contributed by atoms with Crippen LogP contribution in [-0.4, -0.2) is 23.5 Å². The van der Waals surface area contributed by atoms with Crippen molar-refractivity contribution < 1.29 is 14.3 Å². The van der Waals surface area contributed by atoms with Crippen LogP contribution < -0.4 is 5.32 Å². The molecule has 0 saturated heterocycles. The van der Waals surface area contributed by atoms with Crippen LogP contribution in [0.5, 0.6) is 0 Å². The van der Waals surface area contributed by atoms with Crippen molar-refractivity contribution in [3.05, 3.63) is 64.1 Å². The molecule has 1 heterocycles.